The van der Waals surface area contributed by atoms with E-state index in [0.717, 1.165) is 6.42 Å². The van der Waals surface area contributed by atoms with Gasteiger partial charge in [0.1, 0.15) is 0 Å². The van der Waals surface area contributed by atoms with Crippen LogP contribution < -0.4 is 10.5 Å². The van der Waals surface area contributed by atoms with Gasteiger partial charge in [-0.3, -0.25) is 4.79 Å². The van der Waals surface area contributed by atoms with Crippen molar-refractivity contribution in [2.45, 2.75) is 18.2 Å². The number of rotatable bonds is 4. The fraction of sp³-hybridized carbons (Fsp3) is 0.500. The number of amides is 1. The van der Waals surface area contributed by atoms with Crippen LogP contribution in [0.2, 0.25) is 0 Å². The van der Waals surface area contributed by atoms with Crippen LogP contribution in [-0.2, 0) is 10.0 Å². The van der Waals surface area contributed by atoms with Crippen LogP contribution in [0.25, 0.3) is 0 Å². The van der Waals surface area contributed by atoms with Crippen molar-refractivity contribution >= 4 is 15.9 Å². The molecule has 1 fully saturated rings. The molecule has 116 valence electrons. The molecule has 0 bridgehead atoms. The first-order valence-corrected chi connectivity index (χ1v) is 8.33. The van der Waals surface area contributed by atoms with E-state index in [9.17, 15) is 13.2 Å². The van der Waals surface area contributed by atoms with E-state index in [1.54, 1.807) is 17.0 Å². The molecule has 1 aromatic carbocycles. The molecule has 1 aromatic rings. The van der Waals surface area contributed by atoms with Crippen molar-refractivity contribution in [1.29, 1.82) is 0 Å². The quantitative estimate of drug-likeness (QED) is 0.842. The first-order chi connectivity index (χ1) is 9.81. The fourth-order valence-corrected chi connectivity index (χ4v) is 3.17. The highest BCUT2D eigenvalue weighted by molar-refractivity contribution is 7.89. The summed E-state index contributed by atoms with van der Waals surface area (Å²) in [7, 11) is -2.12. The minimum atomic E-state index is -3.47. The number of nitrogens with zero attached hydrogens (tertiary/aromatic N) is 1. The topological polar surface area (TPSA) is 92.5 Å². The van der Waals surface area contributed by atoms with Crippen LogP contribution in [0.5, 0.6) is 0 Å². The van der Waals surface area contributed by atoms with Gasteiger partial charge in [0, 0.05) is 18.7 Å². The molecular weight excluding hydrogens is 290 g/mol. The Balaban J connectivity index is 2.15. The zero-order valence-electron chi connectivity index (χ0n) is 12.3. The molecule has 0 saturated carbocycles. The molecular formula is C14H21N3O3S. The van der Waals surface area contributed by atoms with Crippen LogP contribution in [0, 0.1) is 5.41 Å². The van der Waals surface area contributed by atoms with Gasteiger partial charge in [0.2, 0.25) is 10.0 Å². The van der Waals surface area contributed by atoms with E-state index in [-0.39, 0.29) is 16.2 Å². The van der Waals surface area contributed by atoms with E-state index in [4.69, 9.17) is 5.73 Å². The molecule has 7 heteroatoms. The summed E-state index contributed by atoms with van der Waals surface area (Å²) in [5.74, 6) is -0.0828. The third kappa shape index (κ3) is 3.25. The molecule has 1 saturated heterocycles. The van der Waals surface area contributed by atoms with E-state index in [0.29, 0.717) is 25.2 Å². The summed E-state index contributed by atoms with van der Waals surface area (Å²) in [5.41, 5.74) is 6.21. The number of carbonyl (C=O) groups is 1. The predicted molar refractivity (Wildman–Crippen MR) is 80.4 cm³/mol. The van der Waals surface area contributed by atoms with Crippen molar-refractivity contribution in [2.24, 2.45) is 11.1 Å². The SMILES string of the molecule is CNS(=O)(=O)c1ccc(C(=O)N2CCC(C)(CN)C2)cc1. The predicted octanol–water partition coefficient (Wildman–Crippen LogP) is 0.406. The summed E-state index contributed by atoms with van der Waals surface area (Å²) in [6.07, 6.45) is 0.890. The average Bonchev–Trinajstić information content (AvgIpc) is 2.90. The van der Waals surface area contributed by atoms with Crippen LogP contribution in [-0.4, -0.2) is 45.9 Å². The molecule has 0 spiro atoms. The Hall–Kier alpha value is -1.44. The van der Waals surface area contributed by atoms with E-state index in [1.807, 2.05) is 0 Å². The second-order valence-electron chi connectivity index (χ2n) is 5.72. The molecule has 21 heavy (non-hydrogen) atoms. The Morgan fingerprint density at radius 1 is 1.38 bits per heavy atom. The third-order valence-corrected chi connectivity index (χ3v) is 5.45. The molecule has 1 heterocycles. The number of nitrogens with two attached hydrogens (primary N) is 1. The van der Waals surface area contributed by atoms with E-state index in [2.05, 4.69) is 11.6 Å². The zero-order valence-corrected chi connectivity index (χ0v) is 13.1. The van der Waals surface area contributed by atoms with Gasteiger partial charge in [-0.2, -0.15) is 0 Å². The molecule has 1 atom stereocenters. The smallest absolute Gasteiger partial charge is 0.253 e. The van der Waals surface area contributed by atoms with Gasteiger partial charge in [-0.05, 0) is 49.7 Å². The number of carbonyl (C=O) groups excluding carboxylic acids is 1. The van der Waals surface area contributed by atoms with Gasteiger partial charge < -0.3 is 10.6 Å². The molecule has 1 aliphatic rings. The molecule has 0 aromatic heterocycles. The van der Waals surface area contributed by atoms with E-state index >= 15 is 0 Å². The van der Waals surface area contributed by atoms with E-state index in [1.165, 1.54) is 19.2 Å². The summed E-state index contributed by atoms with van der Waals surface area (Å²) >= 11 is 0. The highest BCUT2D eigenvalue weighted by Crippen LogP contribution is 2.29. The van der Waals surface area contributed by atoms with Gasteiger partial charge in [-0.1, -0.05) is 6.92 Å². The lowest BCUT2D eigenvalue weighted by molar-refractivity contribution is 0.0777. The lowest BCUT2D eigenvalue weighted by atomic mass is 9.90. The van der Waals surface area contributed by atoms with Gasteiger partial charge in [-0.25, -0.2) is 13.1 Å². The summed E-state index contributed by atoms with van der Waals surface area (Å²) in [6.45, 7) is 3.95. The monoisotopic (exact) mass is 311 g/mol. The van der Waals surface area contributed by atoms with Gasteiger partial charge in [0.25, 0.3) is 5.91 Å². The Labute approximate surface area is 125 Å². The Bertz CT molecular complexity index is 627. The maximum Gasteiger partial charge on any atom is 0.253 e. The summed E-state index contributed by atoms with van der Waals surface area (Å²) in [4.78, 5) is 14.3. The van der Waals surface area contributed by atoms with Crippen molar-refractivity contribution in [3.63, 3.8) is 0 Å². The van der Waals surface area contributed by atoms with Crippen molar-refractivity contribution in [2.75, 3.05) is 26.7 Å². The largest absolute Gasteiger partial charge is 0.338 e. The molecule has 1 unspecified atom stereocenters. The summed E-state index contributed by atoms with van der Waals surface area (Å²) < 4.78 is 25.5. The molecule has 0 radical (unpaired) electrons. The lowest BCUT2D eigenvalue weighted by Crippen LogP contribution is -2.34. The minimum Gasteiger partial charge on any atom is -0.338 e. The van der Waals surface area contributed by atoms with Crippen LogP contribution in [0.15, 0.2) is 29.2 Å². The Morgan fingerprint density at radius 3 is 2.48 bits per heavy atom. The van der Waals surface area contributed by atoms with Gasteiger partial charge >= 0.3 is 0 Å². The number of hydrogen-bond donors (Lipinski definition) is 2. The van der Waals surface area contributed by atoms with Crippen LogP contribution in [0.1, 0.15) is 23.7 Å². The van der Waals surface area contributed by atoms with Crippen molar-refractivity contribution < 1.29 is 13.2 Å². The highest BCUT2D eigenvalue weighted by atomic mass is 32.2. The normalized spacial score (nSPS) is 22.5. The molecule has 2 rings (SSSR count). The van der Waals surface area contributed by atoms with Crippen molar-refractivity contribution in [3.8, 4) is 0 Å². The Morgan fingerprint density at radius 2 is 2.00 bits per heavy atom. The minimum absolute atomic E-state index is 0.0227. The standard InChI is InChI=1S/C14H21N3O3S/c1-14(9-15)7-8-17(10-14)13(18)11-3-5-12(6-4-11)21(19,20)16-2/h3-6,16H,7-10,15H2,1-2H3. The second-order valence-corrected chi connectivity index (χ2v) is 7.61. The van der Waals surface area contributed by atoms with E-state index < -0.39 is 10.0 Å². The first-order valence-electron chi connectivity index (χ1n) is 6.84. The number of hydrogen-bond acceptors (Lipinski definition) is 4. The average molecular weight is 311 g/mol. The lowest BCUT2D eigenvalue weighted by Gasteiger charge is -2.22. The number of sulfonamides is 1. The maximum absolute atomic E-state index is 12.4. The number of nitrogens with one attached hydrogen (secondary N) is 1. The van der Waals surface area contributed by atoms with Gasteiger partial charge in [0.15, 0.2) is 0 Å². The molecule has 1 aliphatic heterocycles. The first kappa shape index (κ1) is 15.9. The van der Waals surface area contributed by atoms with Crippen LogP contribution >= 0.6 is 0 Å². The zero-order chi connectivity index (χ0) is 15.7. The number of benzene rings is 1. The van der Waals surface area contributed by atoms with Crippen LogP contribution in [0.3, 0.4) is 0 Å². The summed E-state index contributed by atoms with van der Waals surface area (Å²) in [5, 5.41) is 0. The van der Waals surface area contributed by atoms with Gasteiger partial charge in [-0.15, -0.1) is 0 Å². The fourth-order valence-electron chi connectivity index (χ4n) is 2.44. The maximum atomic E-state index is 12.4. The summed E-state index contributed by atoms with van der Waals surface area (Å²) in [6, 6.07) is 5.98. The van der Waals surface area contributed by atoms with Crippen molar-refractivity contribution in [3.05, 3.63) is 29.8 Å². The van der Waals surface area contributed by atoms with Crippen LogP contribution in [0.4, 0.5) is 0 Å². The second kappa shape index (κ2) is 5.75. The molecule has 3 N–H and O–H groups in total. The van der Waals surface area contributed by atoms with Gasteiger partial charge in [0.05, 0.1) is 4.90 Å². The molecule has 1 amide bonds. The van der Waals surface area contributed by atoms with Crippen molar-refractivity contribution in [1.82, 2.24) is 9.62 Å². The third-order valence-electron chi connectivity index (χ3n) is 4.02. The molecule has 0 aliphatic carbocycles. The Kier molecular flexibility index (Phi) is 4.36. The molecule has 6 nitrogen and oxygen atoms in total. The number of likely N-dealkylation sites (tertiary alicyclic amines) is 1. The highest BCUT2D eigenvalue weighted by Gasteiger charge is 2.35.